The van der Waals surface area contributed by atoms with Crippen molar-refractivity contribution in [2.75, 3.05) is 13.7 Å². The van der Waals surface area contributed by atoms with Crippen LogP contribution >= 0.6 is 0 Å². The molecule has 5 nitrogen and oxygen atoms in total. The van der Waals surface area contributed by atoms with Gasteiger partial charge in [-0.3, -0.25) is 4.98 Å². The third-order valence-electron chi connectivity index (χ3n) is 3.27. The van der Waals surface area contributed by atoms with E-state index >= 15 is 0 Å². The molecule has 0 amide bonds. The largest absolute Gasteiger partial charge is 0.495 e. The molecular weight excluding hydrogens is 256 g/mol. The van der Waals surface area contributed by atoms with Crippen LogP contribution in [0.25, 0.3) is 0 Å². The molecule has 5 heteroatoms. The number of hydrogen-bond acceptors (Lipinski definition) is 5. The van der Waals surface area contributed by atoms with Gasteiger partial charge in [0.05, 0.1) is 13.2 Å². The number of ether oxygens (including phenoxy) is 3. The second kappa shape index (κ2) is 5.38. The molecule has 104 valence electrons. The number of para-hydroxylation sites is 2. The van der Waals surface area contributed by atoms with Crippen molar-refractivity contribution in [3.05, 3.63) is 48.3 Å². The van der Waals surface area contributed by atoms with E-state index in [1.165, 1.54) is 0 Å². The van der Waals surface area contributed by atoms with E-state index in [0.717, 1.165) is 5.75 Å². The summed E-state index contributed by atoms with van der Waals surface area (Å²) in [5.74, 6) is 2.10. The molecule has 0 fully saturated rings. The van der Waals surface area contributed by atoms with Crippen LogP contribution in [0.2, 0.25) is 0 Å². The molecule has 0 saturated heterocycles. The molecule has 1 aromatic carbocycles. The van der Waals surface area contributed by atoms with Crippen molar-refractivity contribution in [1.82, 2.24) is 4.98 Å². The van der Waals surface area contributed by atoms with E-state index in [1.54, 1.807) is 13.3 Å². The van der Waals surface area contributed by atoms with Crippen molar-refractivity contribution in [3.63, 3.8) is 0 Å². The minimum atomic E-state index is -0.417. The van der Waals surface area contributed by atoms with E-state index in [2.05, 4.69) is 4.98 Å². The van der Waals surface area contributed by atoms with Gasteiger partial charge in [-0.05, 0) is 24.3 Å². The number of fused-ring (bicyclic) bond motifs is 1. The first-order valence-electron chi connectivity index (χ1n) is 6.42. The Balaban J connectivity index is 1.84. The third kappa shape index (κ3) is 2.28. The predicted octanol–water partition coefficient (Wildman–Crippen LogP) is 1.93. The monoisotopic (exact) mass is 272 g/mol. The van der Waals surface area contributed by atoms with Crippen molar-refractivity contribution in [3.8, 4) is 17.2 Å². The third-order valence-corrected chi connectivity index (χ3v) is 3.27. The summed E-state index contributed by atoms with van der Waals surface area (Å²) < 4.78 is 16.9. The molecule has 2 atom stereocenters. The molecule has 2 unspecified atom stereocenters. The van der Waals surface area contributed by atoms with Gasteiger partial charge in [0.25, 0.3) is 0 Å². The van der Waals surface area contributed by atoms with E-state index in [1.807, 2.05) is 36.4 Å². The Morgan fingerprint density at radius 2 is 2.05 bits per heavy atom. The average Bonchev–Trinajstić information content (AvgIpc) is 2.53. The van der Waals surface area contributed by atoms with Gasteiger partial charge in [-0.25, -0.2) is 0 Å². The summed E-state index contributed by atoms with van der Waals surface area (Å²) in [6.07, 6.45) is 1.39. The maximum Gasteiger partial charge on any atom is 0.161 e. The molecule has 0 saturated carbocycles. The topological polar surface area (TPSA) is 66.6 Å². The second-order valence-electron chi connectivity index (χ2n) is 4.53. The number of nitrogens with zero attached hydrogens (tertiary/aromatic N) is 1. The second-order valence-corrected chi connectivity index (χ2v) is 4.53. The van der Waals surface area contributed by atoms with E-state index < -0.39 is 6.04 Å². The molecule has 0 aliphatic carbocycles. The van der Waals surface area contributed by atoms with Gasteiger partial charge >= 0.3 is 0 Å². The van der Waals surface area contributed by atoms with Crippen molar-refractivity contribution in [2.45, 2.75) is 12.1 Å². The molecule has 2 heterocycles. The molecule has 1 aromatic heterocycles. The van der Waals surface area contributed by atoms with Crippen LogP contribution in [0.3, 0.4) is 0 Å². The molecule has 2 aromatic rings. The summed E-state index contributed by atoms with van der Waals surface area (Å²) in [4.78, 5) is 4.30. The van der Waals surface area contributed by atoms with Crippen LogP contribution in [0.1, 0.15) is 11.7 Å². The Bertz CT molecular complexity index is 603. The highest BCUT2D eigenvalue weighted by molar-refractivity contribution is 5.41. The number of hydrogen-bond donors (Lipinski definition) is 1. The fourth-order valence-corrected chi connectivity index (χ4v) is 2.21. The van der Waals surface area contributed by atoms with Gasteiger partial charge in [0.2, 0.25) is 0 Å². The molecule has 1 aliphatic rings. The Kier molecular flexibility index (Phi) is 3.43. The normalized spacial score (nSPS) is 18.4. The first kappa shape index (κ1) is 12.7. The van der Waals surface area contributed by atoms with Gasteiger partial charge in [-0.1, -0.05) is 12.1 Å². The number of benzene rings is 1. The Morgan fingerprint density at radius 3 is 2.85 bits per heavy atom. The smallest absolute Gasteiger partial charge is 0.161 e. The number of nitrogens with two attached hydrogens (primary N) is 1. The van der Waals surface area contributed by atoms with Crippen molar-refractivity contribution >= 4 is 0 Å². The van der Waals surface area contributed by atoms with Gasteiger partial charge in [-0.15, -0.1) is 0 Å². The zero-order valence-corrected chi connectivity index (χ0v) is 11.2. The first-order chi connectivity index (χ1) is 9.79. The zero-order chi connectivity index (χ0) is 13.9. The number of rotatable bonds is 3. The van der Waals surface area contributed by atoms with Crippen LogP contribution in [0, 0.1) is 0 Å². The fraction of sp³-hybridized carbons (Fsp3) is 0.267. The molecule has 2 N–H and O–H groups in total. The lowest BCUT2D eigenvalue weighted by Crippen LogP contribution is -2.39. The lowest BCUT2D eigenvalue weighted by molar-refractivity contribution is 0.0704. The maximum absolute atomic E-state index is 6.26. The highest BCUT2D eigenvalue weighted by Crippen LogP contribution is 2.34. The SMILES string of the molecule is COc1cccnc1C(N)C1COc2ccccc2O1. The van der Waals surface area contributed by atoms with Crippen LogP contribution in [0.15, 0.2) is 42.6 Å². The van der Waals surface area contributed by atoms with Gasteiger partial charge in [0.1, 0.15) is 18.1 Å². The van der Waals surface area contributed by atoms with E-state index in [4.69, 9.17) is 19.9 Å². The summed E-state index contributed by atoms with van der Waals surface area (Å²) in [7, 11) is 1.60. The van der Waals surface area contributed by atoms with Gasteiger partial charge in [0, 0.05) is 6.20 Å². The molecule has 0 bridgehead atoms. The van der Waals surface area contributed by atoms with Crippen LogP contribution in [0.4, 0.5) is 0 Å². The lowest BCUT2D eigenvalue weighted by Gasteiger charge is -2.30. The minimum Gasteiger partial charge on any atom is -0.495 e. The van der Waals surface area contributed by atoms with E-state index in [-0.39, 0.29) is 6.10 Å². The summed E-state index contributed by atoms with van der Waals surface area (Å²) in [6, 6.07) is 10.8. The van der Waals surface area contributed by atoms with E-state index in [9.17, 15) is 0 Å². The highest BCUT2D eigenvalue weighted by Gasteiger charge is 2.30. The van der Waals surface area contributed by atoms with Crippen LogP contribution in [0.5, 0.6) is 17.2 Å². The molecular formula is C15H16N2O3. The number of methoxy groups -OCH3 is 1. The number of aromatic nitrogens is 1. The van der Waals surface area contributed by atoms with Gasteiger partial charge < -0.3 is 19.9 Å². The number of pyridine rings is 1. The first-order valence-corrected chi connectivity index (χ1v) is 6.42. The molecule has 3 rings (SSSR count). The quantitative estimate of drug-likeness (QED) is 0.924. The molecule has 1 aliphatic heterocycles. The van der Waals surface area contributed by atoms with Crippen molar-refractivity contribution in [1.29, 1.82) is 0 Å². The zero-order valence-electron chi connectivity index (χ0n) is 11.2. The predicted molar refractivity (Wildman–Crippen MR) is 74.1 cm³/mol. The Labute approximate surface area is 117 Å². The fourth-order valence-electron chi connectivity index (χ4n) is 2.21. The Hall–Kier alpha value is -2.27. The molecule has 0 spiro atoms. The Morgan fingerprint density at radius 1 is 1.25 bits per heavy atom. The van der Waals surface area contributed by atoms with Crippen LogP contribution < -0.4 is 19.9 Å². The van der Waals surface area contributed by atoms with Gasteiger partial charge in [-0.2, -0.15) is 0 Å². The van der Waals surface area contributed by atoms with Crippen LogP contribution in [-0.4, -0.2) is 24.8 Å². The van der Waals surface area contributed by atoms with Crippen molar-refractivity contribution in [2.24, 2.45) is 5.73 Å². The molecule has 20 heavy (non-hydrogen) atoms. The standard InChI is InChI=1S/C15H16N2O3/c1-18-12-7-4-8-17-15(12)14(16)13-9-19-10-5-2-3-6-11(10)20-13/h2-8,13-14H,9,16H2,1H3. The molecule has 0 radical (unpaired) electrons. The van der Waals surface area contributed by atoms with Gasteiger partial charge in [0.15, 0.2) is 17.6 Å². The summed E-state index contributed by atoms with van der Waals surface area (Å²) >= 11 is 0. The van der Waals surface area contributed by atoms with Crippen LogP contribution in [-0.2, 0) is 0 Å². The highest BCUT2D eigenvalue weighted by atomic mass is 16.6. The van der Waals surface area contributed by atoms with E-state index in [0.29, 0.717) is 23.8 Å². The minimum absolute atomic E-state index is 0.298. The average molecular weight is 272 g/mol. The summed E-state index contributed by atoms with van der Waals surface area (Å²) in [5, 5.41) is 0. The maximum atomic E-state index is 6.26. The van der Waals surface area contributed by atoms with Crippen molar-refractivity contribution < 1.29 is 14.2 Å². The summed E-state index contributed by atoms with van der Waals surface area (Å²) in [5.41, 5.74) is 6.93. The summed E-state index contributed by atoms with van der Waals surface area (Å²) in [6.45, 7) is 0.387. The lowest BCUT2D eigenvalue weighted by atomic mass is 10.1.